The molecule has 3 N–H and O–H groups in total. The summed E-state index contributed by atoms with van der Waals surface area (Å²) in [6, 6.07) is 11.6. The number of halogens is 1. The maximum atomic E-state index is 12.8. The van der Waals surface area contributed by atoms with Crippen molar-refractivity contribution in [2.75, 3.05) is 11.5 Å². The van der Waals surface area contributed by atoms with Crippen LogP contribution in [0.2, 0.25) is 0 Å². The first-order valence-electron chi connectivity index (χ1n) is 6.90. The van der Waals surface area contributed by atoms with E-state index in [0.29, 0.717) is 12.2 Å². The van der Waals surface area contributed by atoms with E-state index in [4.69, 9.17) is 5.73 Å². The quantitative estimate of drug-likeness (QED) is 0.548. The molecule has 1 heterocycles. The molecule has 0 aliphatic carbocycles. The van der Waals surface area contributed by atoms with Crippen LogP contribution in [0.4, 0.5) is 10.1 Å². The highest BCUT2D eigenvalue weighted by Gasteiger charge is 2.08. The molecule has 3 rings (SSSR count). The first-order valence-corrected chi connectivity index (χ1v) is 8.70. The number of carbonyl (C=O) groups excluding carboxylic acids is 1. The number of aromatic nitrogens is 1. The van der Waals surface area contributed by atoms with E-state index in [9.17, 15) is 9.18 Å². The van der Waals surface area contributed by atoms with E-state index < -0.39 is 0 Å². The lowest BCUT2D eigenvalue weighted by atomic mass is 10.2. The minimum atomic E-state index is -0.285. The Bertz CT molecular complexity index is 833. The Morgan fingerprint density at radius 3 is 2.83 bits per heavy atom. The average molecular weight is 347 g/mol. The summed E-state index contributed by atoms with van der Waals surface area (Å²) in [5.74, 6) is -0.0820. The molecular weight excluding hydrogens is 333 g/mol. The minimum absolute atomic E-state index is 0.0851. The van der Waals surface area contributed by atoms with E-state index in [0.717, 1.165) is 20.1 Å². The van der Waals surface area contributed by atoms with Gasteiger partial charge in [0.2, 0.25) is 5.91 Å². The van der Waals surface area contributed by atoms with E-state index in [1.165, 1.54) is 35.2 Å². The number of fused-ring (bicyclic) bond motifs is 1. The Morgan fingerprint density at radius 2 is 2.04 bits per heavy atom. The minimum Gasteiger partial charge on any atom is -0.399 e. The zero-order valence-corrected chi connectivity index (χ0v) is 13.7. The van der Waals surface area contributed by atoms with Crippen LogP contribution in [0.3, 0.4) is 0 Å². The molecular formula is C16H14FN3OS2. The van der Waals surface area contributed by atoms with E-state index >= 15 is 0 Å². The van der Waals surface area contributed by atoms with Gasteiger partial charge in [-0.1, -0.05) is 23.9 Å². The summed E-state index contributed by atoms with van der Waals surface area (Å²) >= 11 is 2.91. The summed E-state index contributed by atoms with van der Waals surface area (Å²) in [7, 11) is 0. The van der Waals surface area contributed by atoms with E-state index in [-0.39, 0.29) is 17.5 Å². The van der Waals surface area contributed by atoms with Gasteiger partial charge in [-0.25, -0.2) is 9.37 Å². The van der Waals surface area contributed by atoms with Gasteiger partial charge >= 0.3 is 0 Å². The highest BCUT2D eigenvalue weighted by Crippen LogP contribution is 2.30. The molecule has 7 heteroatoms. The van der Waals surface area contributed by atoms with Crippen molar-refractivity contribution in [1.82, 2.24) is 10.3 Å². The van der Waals surface area contributed by atoms with Crippen LogP contribution >= 0.6 is 23.1 Å². The number of nitrogens with one attached hydrogen (secondary N) is 1. The van der Waals surface area contributed by atoms with Crippen LogP contribution < -0.4 is 11.1 Å². The third-order valence-corrected chi connectivity index (χ3v) is 5.28. The summed E-state index contributed by atoms with van der Waals surface area (Å²) in [5.41, 5.74) is 8.20. The SMILES string of the molecule is Nc1ccc2nc(SCC(=O)NCc3ccc(F)cc3)sc2c1. The fourth-order valence-corrected chi connectivity index (χ4v) is 3.91. The highest BCUT2D eigenvalue weighted by molar-refractivity contribution is 8.01. The Labute approximate surface area is 140 Å². The maximum Gasteiger partial charge on any atom is 0.230 e. The summed E-state index contributed by atoms with van der Waals surface area (Å²) in [5, 5.41) is 2.81. The number of carbonyl (C=O) groups is 1. The molecule has 23 heavy (non-hydrogen) atoms. The van der Waals surface area contributed by atoms with Gasteiger partial charge in [0.25, 0.3) is 0 Å². The third-order valence-electron chi connectivity index (χ3n) is 3.12. The van der Waals surface area contributed by atoms with E-state index in [1.54, 1.807) is 12.1 Å². The molecule has 4 nitrogen and oxygen atoms in total. The molecule has 118 valence electrons. The Balaban J connectivity index is 1.52. The summed E-state index contributed by atoms with van der Waals surface area (Å²) in [6.07, 6.45) is 0. The van der Waals surface area contributed by atoms with Crippen molar-refractivity contribution in [3.8, 4) is 0 Å². The zero-order valence-electron chi connectivity index (χ0n) is 12.1. The van der Waals surface area contributed by atoms with E-state index in [1.807, 2.05) is 18.2 Å². The maximum absolute atomic E-state index is 12.8. The smallest absolute Gasteiger partial charge is 0.230 e. The van der Waals surface area contributed by atoms with Crippen molar-refractivity contribution in [2.24, 2.45) is 0 Å². The fraction of sp³-hybridized carbons (Fsp3) is 0.125. The molecule has 0 unspecified atom stereocenters. The van der Waals surface area contributed by atoms with Crippen LogP contribution in [0.1, 0.15) is 5.56 Å². The summed E-state index contributed by atoms with van der Waals surface area (Å²) in [4.78, 5) is 16.3. The summed E-state index contributed by atoms with van der Waals surface area (Å²) < 4.78 is 14.7. The number of amides is 1. The van der Waals surface area contributed by atoms with Gasteiger partial charge in [0.05, 0.1) is 16.0 Å². The van der Waals surface area contributed by atoms with Crippen LogP contribution in [0, 0.1) is 5.82 Å². The molecule has 0 saturated heterocycles. The van der Waals surface area contributed by atoms with Gasteiger partial charge < -0.3 is 11.1 Å². The number of hydrogen-bond acceptors (Lipinski definition) is 5. The van der Waals surface area contributed by atoms with Crippen molar-refractivity contribution in [3.63, 3.8) is 0 Å². The monoisotopic (exact) mass is 347 g/mol. The molecule has 0 saturated carbocycles. The lowest BCUT2D eigenvalue weighted by molar-refractivity contribution is -0.118. The van der Waals surface area contributed by atoms with Gasteiger partial charge in [0.1, 0.15) is 5.82 Å². The van der Waals surface area contributed by atoms with Crippen molar-refractivity contribution in [1.29, 1.82) is 0 Å². The molecule has 1 amide bonds. The molecule has 0 spiro atoms. The average Bonchev–Trinajstić information content (AvgIpc) is 2.94. The van der Waals surface area contributed by atoms with Gasteiger partial charge in [-0.15, -0.1) is 11.3 Å². The lowest BCUT2D eigenvalue weighted by Gasteiger charge is -2.04. The van der Waals surface area contributed by atoms with Crippen molar-refractivity contribution in [3.05, 3.63) is 53.8 Å². The van der Waals surface area contributed by atoms with Crippen LogP contribution in [0.25, 0.3) is 10.2 Å². The van der Waals surface area contributed by atoms with Crippen molar-refractivity contribution >= 4 is 44.9 Å². The van der Waals surface area contributed by atoms with Gasteiger partial charge in [-0.3, -0.25) is 4.79 Å². The number of nitrogens with zero attached hydrogens (tertiary/aromatic N) is 1. The molecule has 0 bridgehead atoms. The number of thiazole rings is 1. The van der Waals surface area contributed by atoms with E-state index in [2.05, 4.69) is 10.3 Å². The van der Waals surface area contributed by atoms with Crippen molar-refractivity contribution in [2.45, 2.75) is 10.9 Å². The second kappa shape index (κ2) is 6.97. The number of nitrogens with two attached hydrogens (primary N) is 1. The van der Waals surface area contributed by atoms with Crippen LogP contribution in [0.15, 0.2) is 46.8 Å². The number of nitrogen functional groups attached to an aromatic ring is 1. The molecule has 2 aromatic carbocycles. The van der Waals surface area contributed by atoms with Crippen LogP contribution in [0.5, 0.6) is 0 Å². The topological polar surface area (TPSA) is 68.0 Å². The molecule has 0 aliphatic heterocycles. The largest absolute Gasteiger partial charge is 0.399 e. The second-order valence-corrected chi connectivity index (χ2v) is 7.15. The molecule has 0 aliphatic rings. The highest BCUT2D eigenvalue weighted by atomic mass is 32.2. The Morgan fingerprint density at radius 1 is 1.26 bits per heavy atom. The molecule has 3 aromatic rings. The standard InChI is InChI=1S/C16H14FN3OS2/c17-11-3-1-10(2-4-11)8-19-15(21)9-22-16-20-13-6-5-12(18)7-14(13)23-16/h1-7H,8-9,18H2,(H,19,21). The number of anilines is 1. The first-order chi connectivity index (χ1) is 11.1. The normalized spacial score (nSPS) is 10.8. The predicted octanol–water partition coefficient (Wildman–Crippen LogP) is 3.43. The van der Waals surface area contributed by atoms with Gasteiger partial charge in [0, 0.05) is 12.2 Å². The Kier molecular flexibility index (Phi) is 4.78. The Hall–Kier alpha value is -2.12. The van der Waals surface area contributed by atoms with Gasteiger partial charge in [0.15, 0.2) is 4.34 Å². The third kappa shape index (κ3) is 4.20. The predicted molar refractivity (Wildman–Crippen MR) is 93.0 cm³/mol. The molecule has 1 aromatic heterocycles. The number of thioether (sulfide) groups is 1. The number of hydrogen-bond donors (Lipinski definition) is 2. The van der Waals surface area contributed by atoms with Gasteiger partial charge in [-0.2, -0.15) is 0 Å². The summed E-state index contributed by atoms with van der Waals surface area (Å²) in [6.45, 7) is 0.385. The lowest BCUT2D eigenvalue weighted by Crippen LogP contribution is -2.24. The van der Waals surface area contributed by atoms with Crippen molar-refractivity contribution < 1.29 is 9.18 Å². The van der Waals surface area contributed by atoms with Crippen LogP contribution in [-0.2, 0) is 11.3 Å². The fourth-order valence-electron chi connectivity index (χ4n) is 1.96. The van der Waals surface area contributed by atoms with Gasteiger partial charge in [-0.05, 0) is 35.9 Å². The second-order valence-electron chi connectivity index (χ2n) is 4.90. The number of benzene rings is 2. The molecule has 0 fully saturated rings. The molecule has 0 atom stereocenters. The number of rotatable bonds is 5. The zero-order chi connectivity index (χ0) is 16.2. The molecule has 0 radical (unpaired) electrons. The first kappa shape index (κ1) is 15.8. The van der Waals surface area contributed by atoms with Crippen LogP contribution in [-0.4, -0.2) is 16.6 Å².